The fraction of sp³-hybridized carbons (Fsp3) is 0.353. The highest BCUT2D eigenvalue weighted by Gasteiger charge is 2.16. The van der Waals surface area contributed by atoms with E-state index in [1.165, 1.54) is 17.4 Å². The predicted octanol–water partition coefficient (Wildman–Crippen LogP) is 4.29. The molecule has 3 nitrogen and oxygen atoms in total. The van der Waals surface area contributed by atoms with Crippen molar-refractivity contribution in [2.45, 2.75) is 38.8 Å². The average molecular weight is 321 g/mol. The molecule has 5 heteroatoms. The number of rotatable bonds is 8. The van der Waals surface area contributed by atoms with Crippen LogP contribution in [0.5, 0.6) is 0 Å². The number of thiophene rings is 1. The normalized spacial score (nSPS) is 12.3. The molecule has 0 fully saturated rings. The molecule has 0 bridgehead atoms. The third-order valence-electron chi connectivity index (χ3n) is 3.51. The molecule has 2 rings (SSSR count). The molecule has 1 unspecified atom stereocenters. The smallest absolute Gasteiger partial charge is 0.320 e. The highest BCUT2D eigenvalue weighted by molar-refractivity contribution is 7.13. The molecule has 0 amide bonds. The summed E-state index contributed by atoms with van der Waals surface area (Å²) in [6.07, 6.45) is 2.43. The number of unbranched alkanes of at least 4 members (excludes halogenated alkanes) is 1. The molecule has 2 aromatic rings. The zero-order valence-electron chi connectivity index (χ0n) is 12.5. The number of hydrogen-bond donors (Lipinski definition) is 2. The van der Waals surface area contributed by atoms with Gasteiger partial charge in [-0.15, -0.1) is 11.3 Å². The van der Waals surface area contributed by atoms with Crippen LogP contribution in [-0.4, -0.2) is 17.1 Å². The van der Waals surface area contributed by atoms with E-state index in [4.69, 9.17) is 0 Å². The monoisotopic (exact) mass is 321 g/mol. The maximum absolute atomic E-state index is 13.9. The molecular formula is C17H20FNO2S. The van der Waals surface area contributed by atoms with Crippen LogP contribution in [0.2, 0.25) is 0 Å². The van der Waals surface area contributed by atoms with Gasteiger partial charge in [0.1, 0.15) is 11.9 Å². The summed E-state index contributed by atoms with van der Waals surface area (Å²) < 4.78 is 13.9. The lowest BCUT2D eigenvalue weighted by Gasteiger charge is -2.14. The van der Waals surface area contributed by atoms with Gasteiger partial charge < -0.3 is 10.4 Å². The van der Waals surface area contributed by atoms with Crippen molar-refractivity contribution in [2.24, 2.45) is 0 Å². The molecule has 2 N–H and O–H groups in total. The zero-order chi connectivity index (χ0) is 15.9. The predicted molar refractivity (Wildman–Crippen MR) is 87.5 cm³/mol. The van der Waals surface area contributed by atoms with E-state index in [0.29, 0.717) is 18.5 Å². The first-order chi connectivity index (χ1) is 10.6. The van der Waals surface area contributed by atoms with E-state index in [2.05, 4.69) is 5.32 Å². The van der Waals surface area contributed by atoms with Crippen molar-refractivity contribution in [1.29, 1.82) is 0 Å². The number of hydrogen-bond acceptors (Lipinski definition) is 3. The van der Waals surface area contributed by atoms with Crippen molar-refractivity contribution in [3.8, 4) is 10.4 Å². The Morgan fingerprint density at radius 3 is 2.86 bits per heavy atom. The van der Waals surface area contributed by atoms with Crippen LogP contribution in [0.4, 0.5) is 4.39 Å². The molecule has 22 heavy (non-hydrogen) atoms. The van der Waals surface area contributed by atoms with Crippen molar-refractivity contribution in [1.82, 2.24) is 5.32 Å². The number of aliphatic carboxylic acids is 1. The van der Waals surface area contributed by atoms with E-state index in [1.807, 2.05) is 24.4 Å². The summed E-state index contributed by atoms with van der Waals surface area (Å²) in [5, 5.41) is 14.2. The van der Waals surface area contributed by atoms with Gasteiger partial charge in [-0.2, -0.15) is 0 Å². The molecule has 0 radical (unpaired) electrons. The maximum atomic E-state index is 13.9. The maximum Gasteiger partial charge on any atom is 0.320 e. The summed E-state index contributed by atoms with van der Waals surface area (Å²) in [6.45, 7) is 2.45. The Bertz CT molecular complexity index is 613. The summed E-state index contributed by atoms with van der Waals surface area (Å²) in [5.74, 6) is -1.10. The summed E-state index contributed by atoms with van der Waals surface area (Å²) >= 11 is 1.48. The molecule has 0 spiro atoms. The highest BCUT2D eigenvalue weighted by atomic mass is 32.1. The quantitative estimate of drug-likeness (QED) is 0.762. The van der Waals surface area contributed by atoms with Crippen molar-refractivity contribution in [2.75, 3.05) is 0 Å². The number of halogens is 1. The molecule has 0 aliphatic heterocycles. The Labute approximate surface area is 133 Å². The van der Waals surface area contributed by atoms with Gasteiger partial charge in [0.2, 0.25) is 0 Å². The molecule has 0 aliphatic carbocycles. The van der Waals surface area contributed by atoms with Gasteiger partial charge in [-0.3, -0.25) is 4.79 Å². The molecule has 1 aromatic carbocycles. The first-order valence-electron chi connectivity index (χ1n) is 7.40. The second kappa shape index (κ2) is 8.06. The summed E-state index contributed by atoms with van der Waals surface area (Å²) in [7, 11) is 0. The van der Waals surface area contributed by atoms with Crippen LogP contribution >= 0.6 is 11.3 Å². The van der Waals surface area contributed by atoms with Gasteiger partial charge in [0.15, 0.2) is 0 Å². The van der Waals surface area contributed by atoms with Gasteiger partial charge in [-0.05, 0) is 35.6 Å². The molecule has 1 atom stereocenters. The molecular weight excluding hydrogens is 301 g/mol. The van der Waals surface area contributed by atoms with Crippen LogP contribution in [0, 0.1) is 5.82 Å². The molecule has 1 heterocycles. The minimum Gasteiger partial charge on any atom is -0.480 e. The molecule has 1 aromatic heterocycles. The highest BCUT2D eigenvalue weighted by Crippen LogP contribution is 2.28. The van der Waals surface area contributed by atoms with Gasteiger partial charge >= 0.3 is 5.97 Å². The van der Waals surface area contributed by atoms with Gasteiger partial charge in [0.25, 0.3) is 0 Å². The van der Waals surface area contributed by atoms with Gasteiger partial charge in [0, 0.05) is 17.0 Å². The van der Waals surface area contributed by atoms with Crippen LogP contribution in [0.3, 0.4) is 0 Å². The zero-order valence-corrected chi connectivity index (χ0v) is 13.3. The minimum atomic E-state index is -0.839. The largest absolute Gasteiger partial charge is 0.480 e. The van der Waals surface area contributed by atoms with Gasteiger partial charge in [-0.1, -0.05) is 31.9 Å². The lowest BCUT2D eigenvalue weighted by molar-refractivity contribution is -0.139. The first-order valence-corrected chi connectivity index (χ1v) is 8.28. The summed E-state index contributed by atoms with van der Waals surface area (Å²) in [4.78, 5) is 12.1. The van der Waals surface area contributed by atoms with Crippen molar-refractivity contribution < 1.29 is 14.3 Å². The van der Waals surface area contributed by atoms with Gasteiger partial charge in [0.05, 0.1) is 0 Å². The second-order valence-corrected chi connectivity index (χ2v) is 6.15. The Balaban J connectivity index is 2.07. The van der Waals surface area contributed by atoms with Gasteiger partial charge in [-0.25, -0.2) is 4.39 Å². The molecule has 0 saturated heterocycles. The van der Waals surface area contributed by atoms with Crippen LogP contribution in [0.1, 0.15) is 31.7 Å². The number of benzene rings is 1. The van der Waals surface area contributed by atoms with E-state index >= 15 is 0 Å². The Morgan fingerprint density at radius 2 is 2.23 bits per heavy atom. The van der Waals surface area contributed by atoms with Crippen molar-refractivity contribution in [3.63, 3.8) is 0 Å². The van der Waals surface area contributed by atoms with Crippen LogP contribution in [-0.2, 0) is 11.3 Å². The summed E-state index contributed by atoms with van der Waals surface area (Å²) in [5.41, 5.74) is 1.45. The molecule has 0 aliphatic rings. The number of carbonyl (C=O) groups is 1. The third-order valence-corrected chi connectivity index (χ3v) is 4.42. The van der Waals surface area contributed by atoms with E-state index in [0.717, 1.165) is 23.3 Å². The lowest BCUT2D eigenvalue weighted by Crippen LogP contribution is -2.36. The van der Waals surface area contributed by atoms with Crippen molar-refractivity contribution >= 4 is 17.3 Å². The van der Waals surface area contributed by atoms with E-state index in [9.17, 15) is 14.3 Å². The standard InChI is InChI=1S/C17H20FNO2S/c1-2-3-5-15(17(20)21)19-11-12-7-8-14(18)13(10-12)16-6-4-9-22-16/h4,6-10,15,19H,2-3,5,11H2,1H3,(H,20,21). The fourth-order valence-electron chi connectivity index (χ4n) is 2.27. The van der Waals surface area contributed by atoms with E-state index in [1.54, 1.807) is 12.1 Å². The Morgan fingerprint density at radius 1 is 1.41 bits per heavy atom. The van der Waals surface area contributed by atoms with Crippen LogP contribution in [0.15, 0.2) is 35.7 Å². The minimum absolute atomic E-state index is 0.257. The lowest BCUT2D eigenvalue weighted by atomic mass is 10.1. The Hall–Kier alpha value is -1.72. The number of nitrogens with one attached hydrogen (secondary N) is 1. The van der Waals surface area contributed by atoms with Crippen molar-refractivity contribution in [3.05, 3.63) is 47.1 Å². The number of carboxylic acids is 1. The average Bonchev–Trinajstić information content (AvgIpc) is 3.02. The molecule has 118 valence electrons. The fourth-order valence-corrected chi connectivity index (χ4v) is 3.01. The topological polar surface area (TPSA) is 49.3 Å². The van der Waals surface area contributed by atoms with E-state index < -0.39 is 12.0 Å². The van der Waals surface area contributed by atoms with E-state index in [-0.39, 0.29) is 5.82 Å². The molecule has 0 saturated carbocycles. The second-order valence-electron chi connectivity index (χ2n) is 5.21. The summed E-state index contributed by atoms with van der Waals surface area (Å²) in [6, 6.07) is 8.12. The SMILES string of the molecule is CCCCC(NCc1ccc(F)c(-c2cccs2)c1)C(=O)O. The van der Waals surface area contributed by atoms with Crippen LogP contribution < -0.4 is 5.32 Å². The third kappa shape index (κ3) is 4.39. The Kier molecular flexibility index (Phi) is 6.10. The first kappa shape index (κ1) is 16.6. The van der Waals surface area contributed by atoms with Crippen LogP contribution in [0.25, 0.3) is 10.4 Å². The number of carboxylic acid groups (broad SMARTS) is 1.